The Morgan fingerprint density at radius 2 is 2.00 bits per heavy atom. The lowest BCUT2D eigenvalue weighted by molar-refractivity contribution is -0.0498. The van der Waals surface area contributed by atoms with E-state index in [0.717, 1.165) is 12.8 Å². The van der Waals surface area contributed by atoms with Crippen LogP contribution in [0.3, 0.4) is 0 Å². The second kappa shape index (κ2) is 6.67. The summed E-state index contributed by atoms with van der Waals surface area (Å²) in [6.45, 7) is -1.63. The van der Waals surface area contributed by atoms with Crippen molar-refractivity contribution in [3.05, 3.63) is 24.3 Å². The van der Waals surface area contributed by atoms with E-state index in [0.29, 0.717) is 19.6 Å². The van der Waals surface area contributed by atoms with Crippen molar-refractivity contribution < 1.29 is 21.9 Å². The van der Waals surface area contributed by atoms with E-state index in [9.17, 15) is 17.2 Å². The standard InChI is InChI=1S/C13H18F2N2O3S/c14-13(15)20-11-3-5-12(6-4-11)21(18,19)17-7-1-2-10(8-16)9-17/h3-6,10,13H,1-2,7-9,16H2. The van der Waals surface area contributed by atoms with Crippen LogP contribution in [-0.4, -0.2) is 39.0 Å². The number of ether oxygens (including phenoxy) is 1. The Balaban J connectivity index is 2.15. The molecule has 1 saturated heterocycles. The fraction of sp³-hybridized carbons (Fsp3) is 0.538. The minimum Gasteiger partial charge on any atom is -0.435 e. The Morgan fingerprint density at radius 1 is 1.33 bits per heavy atom. The third-order valence-electron chi connectivity index (χ3n) is 3.50. The monoisotopic (exact) mass is 320 g/mol. The van der Waals surface area contributed by atoms with Gasteiger partial charge < -0.3 is 10.5 Å². The maximum atomic E-state index is 12.5. The summed E-state index contributed by atoms with van der Waals surface area (Å²) < 4.78 is 54.7. The molecule has 2 N–H and O–H groups in total. The zero-order valence-corrected chi connectivity index (χ0v) is 12.2. The summed E-state index contributed by atoms with van der Waals surface area (Å²) in [6.07, 6.45) is 1.69. The van der Waals surface area contributed by atoms with Gasteiger partial charge in [-0.25, -0.2) is 8.42 Å². The zero-order chi connectivity index (χ0) is 15.5. The lowest BCUT2D eigenvalue weighted by Gasteiger charge is -2.31. The van der Waals surface area contributed by atoms with E-state index in [1.807, 2.05) is 0 Å². The topological polar surface area (TPSA) is 72.6 Å². The predicted molar refractivity (Wildman–Crippen MR) is 73.6 cm³/mol. The smallest absolute Gasteiger partial charge is 0.387 e. The first-order valence-electron chi connectivity index (χ1n) is 6.68. The second-order valence-corrected chi connectivity index (χ2v) is 6.89. The Bertz CT molecular complexity index is 563. The molecule has 1 unspecified atom stereocenters. The van der Waals surface area contributed by atoms with Gasteiger partial charge in [-0.05, 0) is 49.6 Å². The van der Waals surface area contributed by atoms with Crippen molar-refractivity contribution in [1.29, 1.82) is 0 Å². The molecule has 21 heavy (non-hydrogen) atoms. The lowest BCUT2D eigenvalue weighted by atomic mass is 10.0. The number of halogens is 2. The van der Waals surface area contributed by atoms with Crippen molar-refractivity contribution >= 4 is 10.0 Å². The Morgan fingerprint density at radius 3 is 2.57 bits per heavy atom. The molecule has 1 heterocycles. The van der Waals surface area contributed by atoms with Gasteiger partial charge in [0.1, 0.15) is 5.75 Å². The molecule has 1 aliphatic rings. The first-order valence-corrected chi connectivity index (χ1v) is 8.12. The van der Waals surface area contributed by atoms with E-state index in [4.69, 9.17) is 5.73 Å². The van der Waals surface area contributed by atoms with Crippen LogP contribution in [0, 0.1) is 5.92 Å². The van der Waals surface area contributed by atoms with Crippen LogP contribution >= 0.6 is 0 Å². The molecular weight excluding hydrogens is 302 g/mol. The molecule has 1 atom stereocenters. The lowest BCUT2D eigenvalue weighted by Crippen LogP contribution is -2.41. The summed E-state index contributed by atoms with van der Waals surface area (Å²) in [4.78, 5) is 0.0711. The molecule has 0 aromatic heterocycles. The van der Waals surface area contributed by atoms with E-state index in [2.05, 4.69) is 4.74 Å². The molecule has 1 aromatic rings. The molecule has 0 aliphatic carbocycles. The van der Waals surface area contributed by atoms with Crippen LogP contribution in [0.25, 0.3) is 0 Å². The summed E-state index contributed by atoms with van der Waals surface area (Å²) in [5.41, 5.74) is 5.60. The number of piperidine rings is 1. The molecule has 5 nitrogen and oxygen atoms in total. The summed E-state index contributed by atoms with van der Waals surface area (Å²) >= 11 is 0. The highest BCUT2D eigenvalue weighted by Crippen LogP contribution is 2.25. The van der Waals surface area contributed by atoms with E-state index >= 15 is 0 Å². The third kappa shape index (κ3) is 3.90. The quantitative estimate of drug-likeness (QED) is 0.895. The number of hydrogen-bond acceptors (Lipinski definition) is 4. The van der Waals surface area contributed by atoms with Crippen LogP contribution in [0.5, 0.6) is 5.75 Å². The highest BCUT2D eigenvalue weighted by atomic mass is 32.2. The summed E-state index contributed by atoms with van der Waals surface area (Å²) in [6, 6.07) is 5.00. The summed E-state index contributed by atoms with van der Waals surface area (Å²) in [5.74, 6) is 0.0948. The van der Waals surface area contributed by atoms with Crippen molar-refractivity contribution in [3.63, 3.8) is 0 Å². The van der Waals surface area contributed by atoms with Gasteiger partial charge in [-0.2, -0.15) is 13.1 Å². The first-order chi connectivity index (χ1) is 9.93. The van der Waals surface area contributed by atoms with Gasteiger partial charge in [-0.15, -0.1) is 0 Å². The van der Waals surface area contributed by atoms with Crippen molar-refractivity contribution in [3.8, 4) is 5.75 Å². The number of benzene rings is 1. The third-order valence-corrected chi connectivity index (χ3v) is 5.38. The largest absolute Gasteiger partial charge is 0.435 e. The molecule has 0 amide bonds. The molecule has 0 bridgehead atoms. The van der Waals surface area contributed by atoms with Crippen LogP contribution in [0.15, 0.2) is 29.2 Å². The average molecular weight is 320 g/mol. The molecule has 0 saturated carbocycles. The minimum atomic E-state index is -3.62. The van der Waals surface area contributed by atoms with Gasteiger partial charge in [0.15, 0.2) is 0 Å². The molecule has 8 heteroatoms. The van der Waals surface area contributed by atoms with Crippen molar-refractivity contribution in [2.24, 2.45) is 11.7 Å². The summed E-state index contributed by atoms with van der Waals surface area (Å²) in [7, 11) is -3.62. The number of alkyl halides is 2. The molecular formula is C13H18F2N2O3S. The molecule has 1 fully saturated rings. The number of nitrogens with two attached hydrogens (primary N) is 1. The van der Waals surface area contributed by atoms with Crippen LogP contribution in [0.1, 0.15) is 12.8 Å². The van der Waals surface area contributed by atoms with E-state index in [-0.39, 0.29) is 16.6 Å². The second-order valence-electron chi connectivity index (χ2n) is 4.96. The Labute approximate surface area is 122 Å². The average Bonchev–Trinajstić information content (AvgIpc) is 2.47. The number of sulfonamides is 1. The van der Waals surface area contributed by atoms with Gasteiger partial charge in [0.2, 0.25) is 10.0 Å². The van der Waals surface area contributed by atoms with Gasteiger partial charge >= 0.3 is 6.61 Å². The van der Waals surface area contributed by atoms with E-state index < -0.39 is 16.6 Å². The van der Waals surface area contributed by atoms with Crippen LogP contribution in [0.4, 0.5) is 8.78 Å². The van der Waals surface area contributed by atoms with Crippen LogP contribution in [0.2, 0.25) is 0 Å². The Kier molecular flexibility index (Phi) is 5.13. The number of nitrogens with zero attached hydrogens (tertiary/aromatic N) is 1. The zero-order valence-electron chi connectivity index (χ0n) is 11.4. The molecule has 2 rings (SSSR count). The number of rotatable bonds is 5. The van der Waals surface area contributed by atoms with Crippen LogP contribution < -0.4 is 10.5 Å². The van der Waals surface area contributed by atoms with E-state index in [1.54, 1.807) is 0 Å². The molecule has 0 spiro atoms. The van der Waals surface area contributed by atoms with Crippen molar-refractivity contribution in [2.45, 2.75) is 24.3 Å². The Hall–Kier alpha value is -1.25. The van der Waals surface area contributed by atoms with Crippen molar-refractivity contribution in [2.75, 3.05) is 19.6 Å². The highest BCUT2D eigenvalue weighted by molar-refractivity contribution is 7.89. The number of hydrogen-bond donors (Lipinski definition) is 1. The minimum absolute atomic E-state index is 0.0672. The van der Waals surface area contributed by atoms with Crippen LogP contribution in [-0.2, 0) is 10.0 Å². The first kappa shape index (κ1) is 16.1. The van der Waals surface area contributed by atoms with Gasteiger partial charge in [0, 0.05) is 13.1 Å². The highest BCUT2D eigenvalue weighted by Gasteiger charge is 2.29. The van der Waals surface area contributed by atoms with Gasteiger partial charge in [-0.1, -0.05) is 0 Å². The van der Waals surface area contributed by atoms with Gasteiger partial charge in [-0.3, -0.25) is 0 Å². The fourth-order valence-corrected chi connectivity index (χ4v) is 3.93. The predicted octanol–water partition coefficient (Wildman–Crippen LogP) is 1.65. The summed E-state index contributed by atoms with van der Waals surface area (Å²) in [5, 5.41) is 0. The molecule has 1 aromatic carbocycles. The van der Waals surface area contributed by atoms with E-state index in [1.165, 1.54) is 28.6 Å². The maximum Gasteiger partial charge on any atom is 0.387 e. The van der Waals surface area contributed by atoms with Crippen molar-refractivity contribution in [1.82, 2.24) is 4.31 Å². The molecule has 1 aliphatic heterocycles. The van der Waals surface area contributed by atoms with Gasteiger partial charge in [0.05, 0.1) is 4.90 Å². The molecule has 118 valence electrons. The molecule has 0 radical (unpaired) electrons. The normalized spacial score (nSPS) is 20.7. The maximum absolute atomic E-state index is 12.5. The SMILES string of the molecule is NCC1CCCN(S(=O)(=O)c2ccc(OC(F)F)cc2)C1. The van der Waals surface area contributed by atoms with Gasteiger partial charge in [0.25, 0.3) is 0 Å². The fourth-order valence-electron chi connectivity index (χ4n) is 2.38.